The van der Waals surface area contributed by atoms with E-state index in [1.54, 1.807) is 13.8 Å². The van der Waals surface area contributed by atoms with Gasteiger partial charge in [-0.2, -0.15) is 0 Å². The van der Waals surface area contributed by atoms with Crippen molar-refractivity contribution in [2.24, 2.45) is 5.92 Å². The third-order valence-corrected chi connectivity index (χ3v) is 3.01. The van der Waals surface area contributed by atoms with E-state index in [1.807, 2.05) is 0 Å². The summed E-state index contributed by atoms with van der Waals surface area (Å²) in [5.74, 6) is -1.86. The predicted molar refractivity (Wildman–Crippen MR) is 68.3 cm³/mol. The van der Waals surface area contributed by atoms with Crippen LogP contribution in [0.3, 0.4) is 0 Å². The average molecular weight is 285 g/mol. The molecule has 7 nitrogen and oxygen atoms in total. The maximum atomic E-state index is 11.7. The van der Waals surface area contributed by atoms with Crippen LogP contribution in [0.15, 0.2) is 12.2 Å². The van der Waals surface area contributed by atoms with Gasteiger partial charge in [-0.25, -0.2) is 0 Å². The van der Waals surface area contributed by atoms with Gasteiger partial charge in [-0.1, -0.05) is 6.92 Å². The number of esters is 1. The third-order valence-electron chi connectivity index (χ3n) is 3.01. The molecule has 112 valence electrons. The normalized spacial score (nSPS) is 19.1. The first kappa shape index (κ1) is 16.3. The number of carbonyl (C=O) groups is 3. The van der Waals surface area contributed by atoms with Gasteiger partial charge >= 0.3 is 5.97 Å². The molecule has 0 aliphatic carbocycles. The van der Waals surface area contributed by atoms with Gasteiger partial charge in [0.15, 0.2) is 0 Å². The highest BCUT2D eigenvalue weighted by Crippen LogP contribution is 2.17. The van der Waals surface area contributed by atoms with Crippen LogP contribution in [0, 0.1) is 5.92 Å². The summed E-state index contributed by atoms with van der Waals surface area (Å²) in [6, 6.07) is -0.421. The first-order valence-corrected chi connectivity index (χ1v) is 6.37. The minimum absolute atomic E-state index is 0.271. The van der Waals surface area contributed by atoms with Gasteiger partial charge in [0.1, 0.15) is 12.7 Å². The Labute approximate surface area is 116 Å². The standard InChI is InChI=1S/C13H19NO6/c1-8(13(19)20-7-10(16)6-15)5-9(2)14-11(17)3-4-12(14)18/h3-4,8-10,15-16H,5-7H2,1-2H3. The molecule has 20 heavy (non-hydrogen) atoms. The minimum atomic E-state index is -1.10. The second-order valence-electron chi connectivity index (χ2n) is 4.83. The predicted octanol–water partition coefficient (Wildman–Crippen LogP) is -0.777. The molecule has 1 rings (SSSR count). The van der Waals surface area contributed by atoms with Crippen LogP contribution in [-0.4, -0.2) is 58.3 Å². The van der Waals surface area contributed by atoms with Crippen LogP contribution < -0.4 is 0 Å². The van der Waals surface area contributed by atoms with Crippen molar-refractivity contribution >= 4 is 17.8 Å². The second kappa shape index (κ2) is 7.16. The molecular formula is C13H19NO6. The highest BCUT2D eigenvalue weighted by molar-refractivity contribution is 6.13. The molecule has 1 aliphatic heterocycles. The van der Waals surface area contributed by atoms with Crippen molar-refractivity contribution in [3.8, 4) is 0 Å². The molecule has 0 aromatic heterocycles. The zero-order valence-corrected chi connectivity index (χ0v) is 11.5. The molecular weight excluding hydrogens is 266 g/mol. The molecule has 1 heterocycles. The van der Waals surface area contributed by atoms with E-state index >= 15 is 0 Å². The van der Waals surface area contributed by atoms with Crippen molar-refractivity contribution in [3.05, 3.63) is 12.2 Å². The number of carbonyl (C=O) groups excluding carboxylic acids is 3. The Bertz CT molecular complexity index is 401. The van der Waals surface area contributed by atoms with Crippen LogP contribution in [0.2, 0.25) is 0 Å². The van der Waals surface area contributed by atoms with Crippen molar-refractivity contribution in [3.63, 3.8) is 0 Å². The van der Waals surface area contributed by atoms with Crippen LogP contribution >= 0.6 is 0 Å². The Morgan fingerprint density at radius 1 is 1.30 bits per heavy atom. The van der Waals surface area contributed by atoms with Gasteiger partial charge < -0.3 is 14.9 Å². The number of imide groups is 1. The largest absolute Gasteiger partial charge is 0.463 e. The molecule has 0 saturated carbocycles. The van der Waals surface area contributed by atoms with Crippen molar-refractivity contribution in [1.29, 1.82) is 0 Å². The van der Waals surface area contributed by atoms with Crippen molar-refractivity contribution in [2.45, 2.75) is 32.4 Å². The summed E-state index contributed by atoms with van der Waals surface area (Å²) in [5.41, 5.74) is 0. The molecule has 2 amide bonds. The number of amides is 2. The summed E-state index contributed by atoms with van der Waals surface area (Å²) < 4.78 is 4.82. The summed E-state index contributed by atoms with van der Waals surface area (Å²) in [6.45, 7) is 2.52. The van der Waals surface area contributed by atoms with Crippen molar-refractivity contribution < 1.29 is 29.3 Å². The van der Waals surface area contributed by atoms with Gasteiger partial charge in [0.05, 0.1) is 12.5 Å². The lowest BCUT2D eigenvalue weighted by Crippen LogP contribution is -2.40. The summed E-state index contributed by atoms with van der Waals surface area (Å²) >= 11 is 0. The third kappa shape index (κ3) is 4.14. The first-order chi connectivity index (χ1) is 9.36. The van der Waals surface area contributed by atoms with Crippen LogP contribution in [-0.2, 0) is 19.1 Å². The van der Waals surface area contributed by atoms with E-state index in [0.29, 0.717) is 0 Å². The molecule has 0 bridgehead atoms. The molecule has 0 aromatic carbocycles. The molecule has 3 atom stereocenters. The van der Waals surface area contributed by atoms with Crippen LogP contribution in [0.25, 0.3) is 0 Å². The average Bonchev–Trinajstić information content (AvgIpc) is 2.74. The number of aliphatic hydroxyl groups is 2. The van der Waals surface area contributed by atoms with Crippen LogP contribution in [0.1, 0.15) is 20.3 Å². The van der Waals surface area contributed by atoms with Gasteiger partial charge in [0, 0.05) is 18.2 Å². The minimum Gasteiger partial charge on any atom is -0.463 e. The molecule has 3 unspecified atom stereocenters. The van der Waals surface area contributed by atoms with E-state index in [9.17, 15) is 14.4 Å². The van der Waals surface area contributed by atoms with E-state index < -0.39 is 42.5 Å². The molecule has 0 spiro atoms. The zero-order valence-electron chi connectivity index (χ0n) is 11.5. The van der Waals surface area contributed by atoms with Gasteiger partial charge in [-0.3, -0.25) is 19.3 Å². The van der Waals surface area contributed by atoms with Gasteiger partial charge in [0.25, 0.3) is 11.8 Å². The van der Waals surface area contributed by atoms with E-state index in [2.05, 4.69) is 0 Å². The van der Waals surface area contributed by atoms with Gasteiger partial charge in [-0.15, -0.1) is 0 Å². The molecule has 0 fully saturated rings. The second-order valence-corrected chi connectivity index (χ2v) is 4.83. The maximum Gasteiger partial charge on any atom is 0.308 e. The lowest BCUT2D eigenvalue weighted by molar-refractivity contribution is -0.153. The van der Waals surface area contributed by atoms with Crippen molar-refractivity contribution in [2.75, 3.05) is 13.2 Å². The molecule has 0 radical (unpaired) electrons. The number of hydrogen-bond acceptors (Lipinski definition) is 6. The Morgan fingerprint density at radius 2 is 1.85 bits per heavy atom. The summed E-state index contributed by atoms with van der Waals surface area (Å²) in [7, 11) is 0. The molecule has 7 heteroatoms. The lowest BCUT2D eigenvalue weighted by Gasteiger charge is -2.24. The van der Waals surface area contributed by atoms with Crippen molar-refractivity contribution in [1.82, 2.24) is 4.90 Å². The highest BCUT2D eigenvalue weighted by atomic mass is 16.5. The molecule has 0 aromatic rings. The molecule has 0 saturated heterocycles. The monoisotopic (exact) mass is 285 g/mol. The Morgan fingerprint density at radius 3 is 2.35 bits per heavy atom. The smallest absolute Gasteiger partial charge is 0.308 e. The van der Waals surface area contributed by atoms with E-state index in [4.69, 9.17) is 14.9 Å². The summed E-state index contributed by atoms with van der Waals surface area (Å²) in [5, 5.41) is 17.7. The van der Waals surface area contributed by atoms with E-state index in [-0.39, 0.29) is 13.0 Å². The van der Waals surface area contributed by atoms with Crippen LogP contribution in [0.5, 0.6) is 0 Å². The molecule has 1 aliphatic rings. The lowest BCUT2D eigenvalue weighted by atomic mass is 10.0. The fourth-order valence-corrected chi connectivity index (χ4v) is 1.93. The van der Waals surface area contributed by atoms with E-state index in [0.717, 1.165) is 4.90 Å². The van der Waals surface area contributed by atoms with E-state index in [1.165, 1.54) is 12.2 Å². The first-order valence-electron chi connectivity index (χ1n) is 6.37. The number of ether oxygens (including phenoxy) is 1. The Kier molecular flexibility index (Phi) is 5.84. The molecule has 2 N–H and O–H groups in total. The van der Waals surface area contributed by atoms with Gasteiger partial charge in [0.2, 0.25) is 0 Å². The zero-order chi connectivity index (χ0) is 15.3. The van der Waals surface area contributed by atoms with Crippen LogP contribution in [0.4, 0.5) is 0 Å². The highest BCUT2D eigenvalue weighted by Gasteiger charge is 2.30. The SMILES string of the molecule is CC(CC(C)N1C(=O)C=CC1=O)C(=O)OCC(O)CO. The quantitative estimate of drug-likeness (QED) is 0.470. The Hall–Kier alpha value is -1.73. The topological polar surface area (TPSA) is 104 Å². The Balaban J connectivity index is 2.45. The van der Waals surface area contributed by atoms with Gasteiger partial charge in [-0.05, 0) is 13.3 Å². The fourth-order valence-electron chi connectivity index (χ4n) is 1.93. The maximum absolute atomic E-state index is 11.7. The number of aliphatic hydroxyl groups excluding tert-OH is 2. The summed E-state index contributed by atoms with van der Waals surface area (Å²) in [4.78, 5) is 35.7. The number of rotatable bonds is 7. The number of nitrogens with zero attached hydrogens (tertiary/aromatic N) is 1. The fraction of sp³-hybridized carbons (Fsp3) is 0.615. The summed E-state index contributed by atoms with van der Waals surface area (Å²) in [6.07, 6.45) is 1.56. The number of hydrogen-bond donors (Lipinski definition) is 2.